The average Bonchev–Trinajstić information content (AvgIpc) is 3.65. The highest BCUT2D eigenvalue weighted by Crippen LogP contribution is 2.33. The summed E-state index contributed by atoms with van der Waals surface area (Å²) in [4.78, 5) is 13.3. The van der Waals surface area contributed by atoms with Gasteiger partial charge in [0.25, 0.3) is 0 Å². The van der Waals surface area contributed by atoms with E-state index in [9.17, 15) is 0 Å². The van der Waals surface area contributed by atoms with Crippen molar-refractivity contribution in [1.29, 1.82) is 0 Å². The highest BCUT2D eigenvalue weighted by molar-refractivity contribution is 5.92. The standard InChI is InChI=1S/C37H42N6.C2H6/c1-6-10-17-29(33-19-12-13-22-38-33)30-24-35(39-25(30)5)37-36-34(42-43-37)21-20-32(41-36)26(8-3)23-28(9-4)40-31(18-11-7-2)27-15-14-16-27;1-2/h6,8-10,12-13,17,19-24,39-40H,4,7,11,14-16,18H2,1-3,5H3,(H,42,43);1-2H3/b10-6-,26-8+,28-23+,29-17+;. The number of nitrogens with zero attached hydrogens (tertiary/aromatic N) is 3. The molecule has 1 fully saturated rings. The molecular formula is C39H48N6. The predicted molar refractivity (Wildman–Crippen MR) is 191 cm³/mol. The molecule has 0 aliphatic heterocycles. The second-order valence-electron chi connectivity index (χ2n) is 10.9. The van der Waals surface area contributed by atoms with Gasteiger partial charge < -0.3 is 10.3 Å². The molecule has 0 saturated heterocycles. The summed E-state index contributed by atoms with van der Waals surface area (Å²) >= 11 is 0. The number of unbranched alkanes of at least 4 members (excludes halogenated alkanes) is 1. The van der Waals surface area contributed by atoms with E-state index >= 15 is 0 Å². The van der Waals surface area contributed by atoms with E-state index in [1.807, 2.05) is 76.4 Å². The summed E-state index contributed by atoms with van der Waals surface area (Å²) in [6.07, 6.45) is 21.3. The second-order valence-corrected chi connectivity index (χ2v) is 10.9. The fraction of sp³-hybridized carbons (Fsp3) is 0.308. The molecule has 45 heavy (non-hydrogen) atoms. The molecule has 4 heterocycles. The Bertz CT molecular complexity index is 1730. The topological polar surface area (TPSA) is 82.3 Å². The van der Waals surface area contributed by atoms with E-state index in [4.69, 9.17) is 4.98 Å². The van der Waals surface area contributed by atoms with E-state index in [0.29, 0.717) is 0 Å². The maximum absolute atomic E-state index is 5.11. The molecule has 5 rings (SSSR count). The van der Waals surface area contributed by atoms with Gasteiger partial charge in [-0.05, 0) is 101 Å². The number of aryl methyl sites for hydroxylation is 1. The van der Waals surface area contributed by atoms with Gasteiger partial charge in [-0.25, -0.2) is 4.98 Å². The van der Waals surface area contributed by atoms with Gasteiger partial charge in [0, 0.05) is 34.4 Å². The van der Waals surface area contributed by atoms with E-state index in [-0.39, 0.29) is 0 Å². The normalized spacial score (nSPS) is 13.9. The smallest absolute Gasteiger partial charge is 0.135 e. The summed E-state index contributed by atoms with van der Waals surface area (Å²) in [5.41, 5.74) is 13.3. The monoisotopic (exact) mass is 600 g/mol. The molecule has 0 aromatic carbocycles. The van der Waals surface area contributed by atoms with Gasteiger partial charge in [-0.2, -0.15) is 5.10 Å². The van der Waals surface area contributed by atoms with E-state index in [2.05, 4.69) is 76.3 Å². The van der Waals surface area contributed by atoms with Crippen molar-refractivity contribution in [3.8, 4) is 11.4 Å². The number of fused-ring (bicyclic) bond motifs is 1. The van der Waals surface area contributed by atoms with E-state index in [1.54, 1.807) is 5.57 Å². The minimum atomic E-state index is 0.788. The number of aromatic nitrogens is 5. The zero-order chi connectivity index (χ0) is 32.2. The SMILES string of the molecule is C=C/C(=C\C(=C/C)c1ccc2[nH]nc(-c3cc(/C(=C\C=C/C)c4ccccn4)c(C)[nH]3)c2n1)NC(CCCC)=C1CCC1.CC. The van der Waals surface area contributed by atoms with Crippen LogP contribution in [0.2, 0.25) is 0 Å². The number of nitrogens with one attached hydrogen (secondary N) is 3. The molecule has 1 saturated carbocycles. The van der Waals surface area contributed by atoms with Crippen LogP contribution in [0.3, 0.4) is 0 Å². The number of aromatic amines is 2. The summed E-state index contributed by atoms with van der Waals surface area (Å²) in [5.74, 6) is 0. The van der Waals surface area contributed by atoms with Gasteiger partial charge in [0.05, 0.1) is 22.6 Å². The van der Waals surface area contributed by atoms with Crippen molar-refractivity contribution in [1.82, 2.24) is 30.5 Å². The van der Waals surface area contributed by atoms with Crippen LogP contribution < -0.4 is 5.32 Å². The van der Waals surface area contributed by atoms with Crippen molar-refractivity contribution in [3.63, 3.8) is 0 Å². The van der Waals surface area contributed by atoms with Gasteiger partial charge in [-0.15, -0.1) is 0 Å². The summed E-state index contributed by atoms with van der Waals surface area (Å²) in [5, 5.41) is 11.6. The highest BCUT2D eigenvalue weighted by Gasteiger charge is 2.18. The largest absolute Gasteiger partial charge is 0.359 e. The molecule has 4 aromatic heterocycles. The Morgan fingerprint density at radius 3 is 2.56 bits per heavy atom. The Labute approximate surface area is 268 Å². The van der Waals surface area contributed by atoms with Crippen molar-refractivity contribution >= 4 is 22.2 Å². The molecule has 234 valence electrons. The molecule has 0 radical (unpaired) electrons. The highest BCUT2D eigenvalue weighted by atomic mass is 15.1. The Morgan fingerprint density at radius 1 is 1.09 bits per heavy atom. The van der Waals surface area contributed by atoms with Gasteiger partial charge in [0.15, 0.2) is 0 Å². The predicted octanol–water partition coefficient (Wildman–Crippen LogP) is 10.4. The first-order valence-corrected chi connectivity index (χ1v) is 16.3. The van der Waals surface area contributed by atoms with Gasteiger partial charge in [0.2, 0.25) is 0 Å². The quantitative estimate of drug-likeness (QED) is 0.141. The zero-order valence-corrected chi connectivity index (χ0v) is 27.8. The van der Waals surface area contributed by atoms with E-state index in [0.717, 1.165) is 68.3 Å². The summed E-state index contributed by atoms with van der Waals surface area (Å²) < 4.78 is 0. The van der Waals surface area contributed by atoms with Crippen LogP contribution >= 0.6 is 0 Å². The van der Waals surface area contributed by atoms with Gasteiger partial charge in [-0.1, -0.05) is 69.7 Å². The number of hydrogen-bond donors (Lipinski definition) is 3. The zero-order valence-electron chi connectivity index (χ0n) is 27.8. The number of allylic oxidation sites excluding steroid dienone is 9. The molecule has 6 heteroatoms. The van der Waals surface area contributed by atoms with Gasteiger partial charge >= 0.3 is 0 Å². The van der Waals surface area contributed by atoms with Crippen LogP contribution in [0.15, 0.2) is 103 Å². The molecule has 6 nitrogen and oxygen atoms in total. The van der Waals surface area contributed by atoms with Crippen molar-refractivity contribution in [2.75, 3.05) is 0 Å². The fourth-order valence-corrected chi connectivity index (χ4v) is 5.37. The molecule has 1 aliphatic rings. The molecule has 3 N–H and O–H groups in total. The lowest BCUT2D eigenvalue weighted by Gasteiger charge is -2.24. The van der Waals surface area contributed by atoms with Crippen molar-refractivity contribution in [2.24, 2.45) is 0 Å². The number of hydrogen-bond acceptors (Lipinski definition) is 4. The number of rotatable bonds is 12. The lowest BCUT2D eigenvalue weighted by molar-refractivity contribution is 0.616. The third kappa shape index (κ3) is 7.88. The Balaban J connectivity index is 0.00000226. The van der Waals surface area contributed by atoms with Crippen LogP contribution in [0.1, 0.15) is 95.8 Å². The lowest BCUT2D eigenvalue weighted by Crippen LogP contribution is -2.17. The van der Waals surface area contributed by atoms with Crippen molar-refractivity contribution in [2.45, 2.75) is 80.1 Å². The van der Waals surface area contributed by atoms with E-state index in [1.165, 1.54) is 37.8 Å². The third-order valence-corrected chi connectivity index (χ3v) is 7.96. The van der Waals surface area contributed by atoms with Gasteiger partial charge in [0.1, 0.15) is 11.2 Å². The Morgan fingerprint density at radius 2 is 1.91 bits per heavy atom. The van der Waals surface area contributed by atoms with Crippen LogP contribution in [-0.2, 0) is 0 Å². The lowest BCUT2D eigenvalue weighted by atomic mass is 9.89. The maximum atomic E-state index is 5.11. The molecule has 4 aromatic rings. The molecule has 0 bridgehead atoms. The minimum Gasteiger partial charge on any atom is -0.359 e. The molecule has 0 unspecified atom stereocenters. The molecule has 1 aliphatic carbocycles. The van der Waals surface area contributed by atoms with Crippen LogP contribution in [0, 0.1) is 6.92 Å². The first-order chi connectivity index (χ1) is 22.1. The van der Waals surface area contributed by atoms with Crippen molar-refractivity contribution in [3.05, 3.63) is 125 Å². The first-order valence-electron chi connectivity index (χ1n) is 16.3. The van der Waals surface area contributed by atoms with Crippen molar-refractivity contribution < 1.29 is 0 Å². The summed E-state index contributed by atoms with van der Waals surface area (Å²) in [6, 6.07) is 12.2. The average molecular weight is 601 g/mol. The fourth-order valence-electron chi connectivity index (χ4n) is 5.37. The minimum absolute atomic E-state index is 0.788. The second kappa shape index (κ2) is 16.4. The van der Waals surface area contributed by atoms with Crippen LogP contribution in [0.4, 0.5) is 0 Å². The number of H-pyrrole nitrogens is 2. The summed E-state index contributed by atoms with van der Waals surface area (Å²) in [6.45, 7) is 16.5. The molecule has 0 amide bonds. The summed E-state index contributed by atoms with van der Waals surface area (Å²) in [7, 11) is 0. The molecule has 0 spiro atoms. The Hall–Kier alpha value is -4.71. The third-order valence-electron chi connectivity index (χ3n) is 7.96. The maximum Gasteiger partial charge on any atom is 0.135 e. The van der Waals surface area contributed by atoms with Crippen LogP contribution in [0.25, 0.3) is 33.6 Å². The molecular weight excluding hydrogens is 552 g/mol. The van der Waals surface area contributed by atoms with E-state index < -0.39 is 0 Å². The first kappa shape index (κ1) is 33.2. The van der Waals surface area contributed by atoms with Crippen LogP contribution in [0.5, 0.6) is 0 Å². The van der Waals surface area contributed by atoms with Gasteiger partial charge in [-0.3, -0.25) is 10.1 Å². The number of pyridine rings is 2. The van der Waals surface area contributed by atoms with Crippen LogP contribution in [-0.4, -0.2) is 25.1 Å². The molecule has 0 atom stereocenters. The Kier molecular flexibility index (Phi) is 12.1.